The Morgan fingerprint density at radius 2 is 2.36 bits per heavy atom. The number of nitrogens with zero attached hydrogens (tertiary/aromatic N) is 1. The van der Waals surface area contributed by atoms with Crippen molar-refractivity contribution in [3.05, 3.63) is 23.1 Å². The highest BCUT2D eigenvalue weighted by Crippen LogP contribution is 2.23. The number of anilines is 2. The number of nitrogens with one attached hydrogen (secondary N) is 1. The SMILES string of the molecule is COCCNc1ccc(N=O)cc1N. The predicted molar refractivity (Wildman–Crippen MR) is 56.7 cm³/mol. The third kappa shape index (κ3) is 2.70. The van der Waals surface area contributed by atoms with E-state index in [1.54, 1.807) is 19.2 Å². The Hall–Kier alpha value is -1.62. The van der Waals surface area contributed by atoms with Crippen LogP contribution in [0.4, 0.5) is 17.1 Å². The molecule has 0 spiro atoms. The van der Waals surface area contributed by atoms with E-state index in [-0.39, 0.29) is 0 Å². The van der Waals surface area contributed by atoms with E-state index >= 15 is 0 Å². The molecule has 0 aliphatic rings. The average molecular weight is 195 g/mol. The highest BCUT2D eigenvalue weighted by molar-refractivity contribution is 5.70. The molecule has 0 fully saturated rings. The Morgan fingerprint density at radius 1 is 1.57 bits per heavy atom. The van der Waals surface area contributed by atoms with Crippen LogP contribution in [0.3, 0.4) is 0 Å². The minimum Gasteiger partial charge on any atom is -0.397 e. The lowest BCUT2D eigenvalue weighted by atomic mass is 10.2. The molecule has 0 atom stereocenters. The van der Waals surface area contributed by atoms with Crippen LogP contribution in [0.25, 0.3) is 0 Å². The van der Waals surface area contributed by atoms with E-state index in [1.165, 1.54) is 6.07 Å². The van der Waals surface area contributed by atoms with Crippen molar-refractivity contribution >= 4 is 17.1 Å². The lowest BCUT2D eigenvalue weighted by Gasteiger charge is -2.08. The van der Waals surface area contributed by atoms with Crippen LogP contribution < -0.4 is 11.1 Å². The number of nitrogens with two attached hydrogens (primary N) is 1. The summed E-state index contributed by atoms with van der Waals surface area (Å²) < 4.78 is 4.88. The molecule has 0 aromatic heterocycles. The van der Waals surface area contributed by atoms with Gasteiger partial charge in [0.25, 0.3) is 0 Å². The second kappa shape index (κ2) is 5.18. The first-order chi connectivity index (χ1) is 6.77. The van der Waals surface area contributed by atoms with Crippen molar-refractivity contribution in [2.24, 2.45) is 5.18 Å². The van der Waals surface area contributed by atoms with Gasteiger partial charge in [-0.3, -0.25) is 0 Å². The van der Waals surface area contributed by atoms with E-state index in [4.69, 9.17) is 10.5 Å². The normalized spacial score (nSPS) is 9.79. The highest BCUT2D eigenvalue weighted by Gasteiger charge is 1.99. The molecule has 76 valence electrons. The lowest BCUT2D eigenvalue weighted by molar-refractivity contribution is 0.211. The van der Waals surface area contributed by atoms with Gasteiger partial charge in [0.05, 0.1) is 18.0 Å². The number of methoxy groups -OCH3 is 1. The van der Waals surface area contributed by atoms with Gasteiger partial charge in [0.15, 0.2) is 0 Å². The predicted octanol–water partition coefficient (Wildman–Crippen LogP) is 1.72. The van der Waals surface area contributed by atoms with Crippen molar-refractivity contribution < 1.29 is 4.74 Å². The van der Waals surface area contributed by atoms with Crippen molar-refractivity contribution in [1.29, 1.82) is 0 Å². The van der Waals surface area contributed by atoms with Gasteiger partial charge in [-0.1, -0.05) is 0 Å². The minimum atomic E-state index is 0.333. The van der Waals surface area contributed by atoms with Gasteiger partial charge in [0.2, 0.25) is 0 Å². The maximum Gasteiger partial charge on any atom is 0.110 e. The largest absolute Gasteiger partial charge is 0.397 e. The molecule has 0 aliphatic carbocycles. The van der Waals surface area contributed by atoms with Crippen LogP contribution in [-0.2, 0) is 4.74 Å². The zero-order valence-corrected chi connectivity index (χ0v) is 7.99. The molecule has 0 aliphatic heterocycles. The van der Waals surface area contributed by atoms with Crippen LogP contribution >= 0.6 is 0 Å². The third-order valence-electron chi connectivity index (χ3n) is 1.76. The zero-order chi connectivity index (χ0) is 10.4. The first kappa shape index (κ1) is 10.5. The standard InChI is InChI=1S/C9H13N3O2/c1-14-5-4-11-9-3-2-7(12-13)6-8(9)10/h2-3,6,11H,4-5,10H2,1H3. The molecule has 0 heterocycles. The van der Waals surface area contributed by atoms with Crippen molar-refractivity contribution in [3.63, 3.8) is 0 Å². The first-order valence-electron chi connectivity index (χ1n) is 4.23. The van der Waals surface area contributed by atoms with Crippen LogP contribution in [-0.4, -0.2) is 20.3 Å². The second-order valence-electron chi connectivity index (χ2n) is 2.78. The molecule has 1 rings (SSSR count). The topological polar surface area (TPSA) is 76.7 Å². The van der Waals surface area contributed by atoms with E-state index in [1.807, 2.05) is 0 Å². The van der Waals surface area contributed by atoms with Crippen molar-refractivity contribution in [2.45, 2.75) is 0 Å². The number of hydrogen-bond acceptors (Lipinski definition) is 5. The summed E-state index contributed by atoms with van der Waals surface area (Å²) in [6.07, 6.45) is 0. The van der Waals surface area contributed by atoms with Crippen molar-refractivity contribution in [1.82, 2.24) is 0 Å². The molecule has 0 amide bonds. The van der Waals surface area contributed by atoms with E-state index in [0.29, 0.717) is 24.5 Å². The van der Waals surface area contributed by atoms with Gasteiger partial charge < -0.3 is 15.8 Å². The Kier molecular flexibility index (Phi) is 3.87. The smallest absolute Gasteiger partial charge is 0.110 e. The molecule has 0 saturated heterocycles. The van der Waals surface area contributed by atoms with E-state index in [2.05, 4.69) is 10.5 Å². The Balaban J connectivity index is 2.64. The summed E-state index contributed by atoms with van der Waals surface area (Å²) in [6, 6.07) is 4.86. The Bertz CT molecular complexity index is 315. The van der Waals surface area contributed by atoms with Crippen LogP contribution in [0.2, 0.25) is 0 Å². The number of benzene rings is 1. The number of rotatable bonds is 5. The molecule has 1 aromatic carbocycles. The maximum absolute atomic E-state index is 10.2. The molecule has 14 heavy (non-hydrogen) atoms. The Labute approximate surface area is 82.2 Å². The Morgan fingerprint density at radius 3 is 2.93 bits per heavy atom. The average Bonchev–Trinajstić information content (AvgIpc) is 2.20. The molecule has 0 radical (unpaired) electrons. The molecular weight excluding hydrogens is 182 g/mol. The van der Waals surface area contributed by atoms with E-state index in [0.717, 1.165) is 5.69 Å². The summed E-state index contributed by atoms with van der Waals surface area (Å²) in [5.41, 5.74) is 7.31. The van der Waals surface area contributed by atoms with Crippen LogP contribution in [0, 0.1) is 4.91 Å². The summed E-state index contributed by atoms with van der Waals surface area (Å²) in [5.74, 6) is 0. The fourth-order valence-corrected chi connectivity index (χ4v) is 1.06. The van der Waals surface area contributed by atoms with Crippen LogP contribution in [0.15, 0.2) is 23.4 Å². The highest BCUT2D eigenvalue weighted by atomic mass is 16.5. The van der Waals surface area contributed by atoms with E-state index in [9.17, 15) is 4.91 Å². The molecule has 3 N–H and O–H groups in total. The van der Waals surface area contributed by atoms with Crippen molar-refractivity contribution in [2.75, 3.05) is 31.3 Å². The number of hydrogen-bond donors (Lipinski definition) is 2. The summed E-state index contributed by atoms with van der Waals surface area (Å²) >= 11 is 0. The summed E-state index contributed by atoms with van der Waals surface area (Å²) in [6.45, 7) is 1.28. The van der Waals surface area contributed by atoms with Gasteiger partial charge in [-0.05, 0) is 23.4 Å². The number of ether oxygens (including phenoxy) is 1. The molecule has 5 nitrogen and oxygen atoms in total. The van der Waals surface area contributed by atoms with Crippen LogP contribution in [0.5, 0.6) is 0 Å². The number of nitroso groups, excluding NO2 is 1. The minimum absolute atomic E-state index is 0.333. The third-order valence-corrected chi connectivity index (χ3v) is 1.76. The van der Waals surface area contributed by atoms with Gasteiger partial charge >= 0.3 is 0 Å². The van der Waals surface area contributed by atoms with Crippen LogP contribution in [0.1, 0.15) is 0 Å². The van der Waals surface area contributed by atoms with Gasteiger partial charge in [0, 0.05) is 13.7 Å². The second-order valence-corrected chi connectivity index (χ2v) is 2.78. The number of nitrogen functional groups attached to an aromatic ring is 1. The van der Waals surface area contributed by atoms with Gasteiger partial charge in [0.1, 0.15) is 5.69 Å². The summed E-state index contributed by atoms with van der Waals surface area (Å²) in [5, 5.41) is 5.86. The molecule has 0 unspecified atom stereocenters. The van der Waals surface area contributed by atoms with Gasteiger partial charge in [-0.25, -0.2) is 0 Å². The summed E-state index contributed by atoms with van der Waals surface area (Å²) in [4.78, 5) is 10.2. The summed E-state index contributed by atoms with van der Waals surface area (Å²) in [7, 11) is 1.63. The van der Waals surface area contributed by atoms with Crippen molar-refractivity contribution in [3.8, 4) is 0 Å². The molecule has 5 heteroatoms. The van der Waals surface area contributed by atoms with E-state index < -0.39 is 0 Å². The van der Waals surface area contributed by atoms with Gasteiger partial charge in [-0.15, -0.1) is 4.91 Å². The molecule has 1 aromatic rings. The maximum atomic E-state index is 10.2. The molecule has 0 bridgehead atoms. The van der Waals surface area contributed by atoms with Gasteiger partial charge in [-0.2, -0.15) is 0 Å². The molecular formula is C9H13N3O2. The quantitative estimate of drug-likeness (QED) is 0.426. The lowest BCUT2D eigenvalue weighted by Crippen LogP contribution is -2.08. The monoisotopic (exact) mass is 195 g/mol. The molecule has 0 saturated carbocycles. The fraction of sp³-hybridized carbons (Fsp3) is 0.333. The zero-order valence-electron chi connectivity index (χ0n) is 7.99. The first-order valence-corrected chi connectivity index (χ1v) is 4.23. The fourth-order valence-electron chi connectivity index (χ4n) is 1.06.